The van der Waals surface area contributed by atoms with Gasteiger partial charge < -0.3 is 0 Å². The summed E-state index contributed by atoms with van der Waals surface area (Å²) >= 11 is 0. The Morgan fingerprint density at radius 3 is 1.31 bits per heavy atom. The summed E-state index contributed by atoms with van der Waals surface area (Å²) in [4.78, 5) is 0. The van der Waals surface area contributed by atoms with Crippen LogP contribution in [-0.2, 0) is 6.04 Å². The van der Waals surface area contributed by atoms with Crippen LogP contribution < -0.4 is 15.6 Å². The second-order valence-electron chi connectivity index (χ2n) is 10.5. The van der Waals surface area contributed by atoms with Crippen LogP contribution in [0.15, 0.2) is 164 Å². The lowest BCUT2D eigenvalue weighted by molar-refractivity contribution is 1.02. The third-order valence-electron chi connectivity index (χ3n) is 8.42. The molecule has 0 saturated heterocycles. The molecule has 1 aliphatic carbocycles. The van der Waals surface area contributed by atoms with Crippen molar-refractivity contribution in [2.45, 2.75) is 12.0 Å². The summed E-state index contributed by atoms with van der Waals surface area (Å²) < 4.78 is 0. The smallest absolute Gasteiger partial charge is 0.0624 e. The van der Waals surface area contributed by atoms with Gasteiger partial charge in [-0.15, -0.1) is 0 Å². The third-order valence-corrected chi connectivity index (χ3v) is 13.3. The molecular formula is C38H30Si. The zero-order valence-corrected chi connectivity index (χ0v) is 22.9. The molecule has 0 unspecified atom stereocenters. The second-order valence-corrected chi connectivity index (χ2v) is 14.4. The maximum atomic E-state index is 2.44. The molecule has 39 heavy (non-hydrogen) atoms. The van der Waals surface area contributed by atoms with Crippen LogP contribution >= 0.6 is 0 Å². The van der Waals surface area contributed by atoms with Crippen molar-refractivity contribution >= 4 is 23.6 Å². The van der Waals surface area contributed by atoms with Gasteiger partial charge in [0.2, 0.25) is 0 Å². The Labute approximate surface area is 232 Å². The van der Waals surface area contributed by atoms with Gasteiger partial charge in [0.15, 0.2) is 8.07 Å². The highest BCUT2D eigenvalue weighted by Crippen LogP contribution is 2.47. The van der Waals surface area contributed by atoms with Gasteiger partial charge in [0, 0.05) is 5.92 Å². The summed E-state index contributed by atoms with van der Waals surface area (Å²) in [6, 6.07) is 62.0. The first-order valence-corrected chi connectivity index (χ1v) is 16.0. The van der Waals surface area contributed by atoms with E-state index in [1.54, 1.807) is 0 Å². The fourth-order valence-corrected chi connectivity index (χ4v) is 11.3. The Morgan fingerprint density at radius 2 is 0.795 bits per heavy atom. The van der Waals surface area contributed by atoms with Crippen LogP contribution in [0.25, 0.3) is 11.1 Å². The van der Waals surface area contributed by atoms with Crippen LogP contribution in [0.1, 0.15) is 28.2 Å². The second kappa shape index (κ2) is 10.0. The van der Waals surface area contributed by atoms with Gasteiger partial charge in [0.1, 0.15) is 0 Å². The van der Waals surface area contributed by atoms with E-state index in [4.69, 9.17) is 0 Å². The van der Waals surface area contributed by atoms with Crippen molar-refractivity contribution in [1.82, 2.24) is 0 Å². The molecule has 186 valence electrons. The molecule has 0 nitrogen and oxygen atoms in total. The Bertz CT molecular complexity index is 1620. The number of hydrogen-bond acceptors (Lipinski definition) is 0. The van der Waals surface area contributed by atoms with E-state index >= 15 is 0 Å². The first kappa shape index (κ1) is 23.6. The van der Waals surface area contributed by atoms with Gasteiger partial charge >= 0.3 is 0 Å². The van der Waals surface area contributed by atoms with E-state index < -0.39 is 8.07 Å². The van der Waals surface area contributed by atoms with Gasteiger partial charge in [-0.1, -0.05) is 164 Å². The summed E-state index contributed by atoms with van der Waals surface area (Å²) in [7, 11) is -2.37. The van der Waals surface area contributed by atoms with Crippen molar-refractivity contribution < 1.29 is 0 Å². The van der Waals surface area contributed by atoms with E-state index in [9.17, 15) is 0 Å². The van der Waals surface area contributed by atoms with Gasteiger partial charge in [-0.05, 0) is 55.0 Å². The van der Waals surface area contributed by atoms with E-state index in [0.29, 0.717) is 0 Å². The molecule has 0 radical (unpaired) electrons. The molecule has 6 aromatic carbocycles. The minimum Gasteiger partial charge on any atom is -0.0624 e. The standard InChI is InChI=1S/C38H30Si/c1-4-14-29(15-5-1)28-39(31-16-6-2-7-17-31,32-18-8-3-9-19-32)33-26-24-30(25-27-33)38-36-22-12-10-20-34(36)35-21-11-13-23-37(35)38/h1-27,38H,28H2. The molecule has 0 amide bonds. The summed E-state index contributed by atoms with van der Waals surface area (Å²) in [5.74, 6) is 0.269. The predicted molar refractivity (Wildman–Crippen MR) is 167 cm³/mol. The Balaban J connectivity index is 1.40. The molecule has 1 aliphatic rings. The van der Waals surface area contributed by atoms with Gasteiger partial charge in [-0.3, -0.25) is 0 Å². The topological polar surface area (TPSA) is 0 Å². The summed E-state index contributed by atoms with van der Waals surface area (Å²) in [5.41, 5.74) is 8.29. The monoisotopic (exact) mass is 514 g/mol. The summed E-state index contributed by atoms with van der Waals surface area (Å²) in [5, 5.41) is 4.35. The maximum Gasteiger partial charge on any atom is 0.152 e. The first-order valence-electron chi connectivity index (χ1n) is 13.8. The predicted octanol–water partition coefficient (Wildman–Crippen LogP) is 7.10. The molecular weight excluding hydrogens is 485 g/mol. The molecule has 0 saturated carbocycles. The molecule has 0 aromatic heterocycles. The molecule has 0 heterocycles. The van der Waals surface area contributed by atoms with E-state index in [-0.39, 0.29) is 5.92 Å². The van der Waals surface area contributed by atoms with E-state index in [1.807, 2.05) is 0 Å². The van der Waals surface area contributed by atoms with Crippen LogP contribution in [0, 0.1) is 0 Å². The molecule has 0 fully saturated rings. The van der Waals surface area contributed by atoms with Crippen molar-refractivity contribution in [1.29, 1.82) is 0 Å². The largest absolute Gasteiger partial charge is 0.152 e. The number of fused-ring (bicyclic) bond motifs is 3. The highest BCUT2D eigenvalue weighted by molar-refractivity contribution is 7.11. The lowest BCUT2D eigenvalue weighted by Crippen LogP contribution is -2.68. The fraction of sp³-hybridized carbons (Fsp3) is 0.0526. The Hall–Kier alpha value is -4.46. The zero-order chi connectivity index (χ0) is 26.1. The van der Waals surface area contributed by atoms with Crippen LogP contribution in [-0.4, -0.2) is 8.07 Å². The quantitative estimate of drug-likeness (QED) is 0.164. The SMILES string of the molecule is c1ccc(C[Si](c2ccccc2)(c2ccccc2)c2ccc(C3c4ccccc4-c4ccccc43)cc2)cc1. The Morgan fingerprint density at radius 1 is 0.385 bits per heavy atom. The highest BCUT2D eigenvalue weighted by Gasteiger charge is 2.39. The minimum absolute atomic E-state index is 0.269. The van der Waals surface area contributed by atoms with E-state index in [0.717, 1.165) is 6.04 Å². The molecule has 0 aliphatic heterocycles. The Kier molecular flexibility index (Phi) is 6.07. The maximum absolute atomic E-state index is 2.44. The van der Waals surface area contributed by atoms with Crippen molar-refractivity contribution in [3.05, 3.63) is 186 Å². The zero-order valence-electron chi connectivity index (χ0n) is 21.9. The van der Waals surface area contributed by atoms with Crippen molar-refractivity contribution in [3.63, 3.8) is 0 Å². The van der Waals surface area contributed by atoms with Gasteiger partial charge in [-0.25, -0.2) is 0 Å². The van der Waals surface area contributed by atoms with Crippen molar-refractivity contribution in [2.75, 3.05) is 0 Å². The van der Waals surface area contributed by atoms with Gasteiger partial charge in [0.05, 0.1) is 0 Å². The van der Waals surface area contributed by atoms with Crippen molar-refractivity contribution in [3.8, 4) is 11.1 Å². The van der Waals surface area contributed by atoms with Crippen LogP contribution in [0.5, 0.6) is 0 Å². The molecule has 1 heteroatoms. The molecule has 0 bridgehead atoms. The molecule has 6 aromatic rings. The highest BCUT2D eigenvalue weighted by atomic mass is 28.3. The summed E-state index contributed by atoms with van der Waals surface area (Å²) in [6.45, 7) is 0. The van der Waals surface area contributed by atoms with Crippen LogP contribution in [0.2, 0.25) is 0 Å². The fourth-order valence-electron chi connectivity index (χ4n) is 6.63. The summed E-state index contributed by atoms with van der Waals surface area (Å²) in [6.07, 6.45) is 0. The molecule has 0 N–H and O–H groups in total. The minimum atomic E-state index is -2.37. The average molecular weight is 515 g/mol. The van der Waals surface area contributed by atoms with Crippen molar-refractivity contribution in [2.24, 2.45) is 0 Å². The lowest BCUT2D eigenvalue weighted by Gasteiger charge is -2.34. The van der Waals surface area contributed by atoms with Gasteiger partial charge in [0.25, 0.3) is 0 Å². The van der Waals surface area contributed by atoms with Crippen LogP contribution in [0.3, 0.4) is 0 Å². The third kappa shape index (κ3) is 4.07. The lowest BCUT2D eigenvalue weighted by atomic mass is 9.89. The van der Waals surface area contributed by atoms with E-state index in [2.05, 4.69) is 164 Å². The number of hydrogen-bond donors (Lipinski definition) is 0. The molecule has 0 atom stereocenters. The molecule has 0 spiro atoms. The normalized spacial score (nSPS) is 12.6. The number of benzene rings is 6. The molecule has 7 rings (SSSR count). The van der Waals surface area contributed by atoms with Gasteiger partial charge in [-0.2, -0.15) is 0 Å². The average Bonchev–Trinajstić information content (AvgIpc) is 3.36. The van der Waals surface area contributed by atoms with E-state index in [1.165, 1.54) is 48.9 Å². The van der Waals surface area contributed by atoms with Crippen LogP contribution in [0.4, 0.5) is 0 Å². The first-order chi connectivity index (χ1) is 19.3. The number of rotatable bonds is 6.